The number of hydrogen-bond acceptors (Lipinski definition) is 3. The summed E-state index contributed by atoms with van der Waals surface area (Å²) in [5.74, 6) is 0.786. The number of para-hydroxylation sites is 2. The lowest BCUT2D eigenvalue weighted by Crippen LogP contribution is -2.18. The molecule has 1 fully saturated rings. The molecule has 1 aliphatic rings. The molecular weight excluding hydrogens is 272 g/mol. The Hall–Kier alpha value is -2.33. The maximum Gasteiger partial charge on any atom is 0.205 e. The number of nitrogens with zero attached hydrogens (tertiary/aromatic N) is 2. The number of anilines is 2. The first-order chi connectivity index (χ1) is 10.9. The topological polar surface area (TPSA) is 44.0 Å². The van der Waals surface area contributed by atoms with Crippen LogP contribution >= 0.6 is 0 Å². The van der Waals surface area contributed by atoms with E-state index < -0.39 is 0 Å². The van der Waals surface area contributed by atoms with Gasteiger partial charge in [-0.05, 0) is 55.8 Å². The van der Waals surface area contributed by atoms with E-state index in [-0.39, 0.29) is 0 Å². The summed E-state index contributed by atoms with van der Waals surface area (Å²) in [6.45, 7) is 3.53. The number of rotatable bonds is 4. The summed E-state index contributed by atoms with van der Waals surface area (Å²) in [4.78, 5) is 10.3. The number of benzene rings is 2. The number of likely N-dealkylation sites (tertiary alicyclic amines) is 1. The minimum absolute atomic E-state index is 0.786. The van der Waals surface area contributed by atoms with Crippen LogP contribution in [0.5, 0.6) is 0 Å². The molecule has 112 valence electrons. The zero-order chi connectivity index (χ0) is 14.8. The Morgan fingerprint density at radius 2 is 1.77 bits per heavy atom. The van der Waals surface area contributed by atoms with E-state index >= 15 is 0 Å². The van der Waals surface area contributed by atoms with E-state index in [1.54, 1.807) is 0 Å². The Kier molecular flexibility index (Phi) is 3.52. The normalized spacial score (nSPS) is 15.5. The first-order valence-electron chi connectivity index (χ1n) is 7.90. The van der Waals surface area contributed by atoms with Crippen molar-refractivity contribution in [1.29, 1.82) is 0 Å². The van der Waals surface area contributed by atoms with Gasteiger partial charge in [-0.25, -0.2) is 4.98 Å². The van der Waals surface area contributed by atoms with E-state index in [0.717, 1.165) is 29.2 Å². The standard InChI is InChI=1S/C18H20N4/c1-2-6-17-16(5-1)20-18(21-17)19-15-9-7-14(8-10-15)13-22-11-3-4-12-22/h1-2,5-10H,3-4,11-13H2,(H2,19,20,21). The van der Waals surface area contributed by atoms with Crippen LogP contribution in [0.15, 0.2) is 48.5 Å². The first-order valence-corrected chi connectivity index (χ1v) is 7.90. The second kappa shape index (κ2) is 5.81. The third kappa shape index (κ3) is 2.83. The van der Waals surface area contributed by atoms with E-state index in [1.165, 1.54) is 31.5 Å². The third-order valence-electron chi connectivity index (χ3n) is 4.21. The van der Waals surface area contributed by atoms with Crippen molar-refractivity contribution in [1.82, 2.24) is 14.9 Å². The molecule has 0 bridgehead atoms. The summed E-state index contributed by atoms with van der Waals surface area (Å²) in [5, 5.41) is 3.33. The summed E-state index contributed by atoms with van der Waals surface area (Å²) >= 11 is 0. The number of fused-ring (bicyclic) bond motifs is 1. The van der Waals surface area contributed by atoms with Crippen LogP contribution in [0.4, 0.5) is 11.6 Å². The Morgan fingerprint density at radius 3 is 2.55 bits per heavy atom. The molecule has 22 heavy (non-hydrogen) atoms. The molecule has 4 heteroatoms. The number of aromatic amines is 1. The van der Waals surface area contributed by atoms with Crippen molar-refractivity contribution >= 4 is 22.7 Å². The average molecular weight is 292 g/mol. The fourth-order valence-corrected chi connectivity index (χ4v) is 3.04. The van der Waals surface area contributed by atoms with Gasteiger partial charge in [0.2, 0.25) is 5.95 Å². The molecule has 3 aromatic rings. The van der Waals surface area contributed by atoms with Crippen LogP contribution in [-0.2, 0) is 6.54 Å². The fourth-order valence-electron chi connectivity index (χ4n) is 3.04. The molecule has 0 atom stereocenters. The molecule has 2 N–H and O–H groups in total. The summed E-state index contributed by atoms with van der Waals surface area (Å²) in [5.41, 5.74) is 4.47. The highest BCUT2D eigenvalue weighted by Gasteiger charge is 2.11. The molecule has 1 saturated heterocycles. The number of nitrogens with one attached hydrogen (secondary N) is 2. The van der Waals surface area contributed by atoms with Gasteiger partial charge in [0.15, 0.2) is 0 Å². The van der Waals surface area contributed by atoms with Gasteiger partial charge < -0.3 is 10.3 Å². The smallest absolute Gasteiger partial charge is 0.205 e. The van der Waals surface area contributed by atoms with Gasteiger partial charge in [-0.1, -0.05) is 24.3 Å². The zero-order valence-corrected chi connectivity index (χ0v) is 12.5. The van der Waals surface area contributed by atoms with E-state index in [0.29, 0.717) is 0 Å². The highest BCUT2D eigenvalue weighted by molar-refractivity contribution is 5.78. The molecular formula is C18H20N4. The average Bonchev–Trinajstić information content (AvgIpc) is 3.18. The molecule has 4 rings (SSSR count). The van der Waals surface area contributed by atoms with Gasteiger partial charge in [-0.2, -0.15) is 0 Å². The monoisotopic (exact) mass is 292 g/mol. The van der Waals surface area contributed by atoms with Gasteiger partial charge in [0.25, 0.3) is 0 Å². The van der Waals surface area contributed by atoms with Crippen molar-refractivity contribution in [2.45, 2.75) is 19.4 Å². The molecule has 0 amide bonds. The van der Waals surface area contributed by atoms with Crippen LogP contribution in [0.1, 0.15) is 18.4 Å². The van der Waals surface area contributed by atoms with Crippen LogP contribution in [0.2, 0.25) is 0 Å². The molecule has 4 nitrogen and oxygen atoms in total. The SMILES string of the molecule is c1ccc2[nH]c(Nc3ccc(CN4CCCC4)cc3)nc2c1. The van der Waals surface area contributed by atoms with Crippen LogP contribution in [0, 0.1) is 0 Å². The molecule has 2 aromatic carbocycles. The molecule has 0 saturated carbocycles. The Labute approximate surface area is 130 Å². The number of hydrogen-bond donors (Lipinski definition) is 2. The van der Waals surface area contributed by atoms with Gasteiger partial charge in [0.05, 0.1) is 11.0 Å². The predicted octanol–water partition coefficient (Wildman–Crippen LogP) is 3.90. The highest BCUT2D eigenvalue weighted by atomic mass is 15.1. The molecule has 1 aliphatic heterocycles. The van der Waals surface area contributed by atoms with Crippen LogP contribution in [0.25, 0.3) is 11.0 Å². The van der Waals surface area contributed by atoms with Crippen molar-refractivity contribution in [3.8, 4) is 0 Å². The third-order valence-corrected chi connectivity index (χ3v) is 4.21. The Balaban J connectivity index is 1.46. The first kappa shape index (κ1) is 13.3. The van der Waals surface area contributed by atoms with Crippen LogP contribution in [0.3, 0.4) is 0 Å². The van der Waals surface area contributed by atoms with Gasteiger partial charge in [-0.15, -0.1) is 0 Å². The lowest BCUT2D eigenvalue weighted by Gasteiger charge is -2.14. The fraction of sp³-hybridized carbons (Fsp3) is 0.278. The molecule has 1 aromatic heterocycles. The van der Waals surface area contributed by atoms with Crippen LogP contribution in [-0.4, -0.2) is 28.0 Å². The summed E-state index contributed by atoms with van der Waals surface area (Å²) in [6.07, 6.45) is 2.68. The van der Waals surface area contributed by atoms with Gasteiger partial charge in [-0.3, -0.25) is 4.90 Å². The lowest BCUT2D eigenvalue weighted by atomic mass is 10.2. The van der Waals surface area contributed by atoms with E-state index in [1.807, 2.05) is 24.3 Å². The highest BCUT2D eigenvalue weighted by Crippen LogP contribution is 2.19. The van der Waals surface area contributed by atoms with Crippen LogP contribution < -0.4 is 5.32 Å². The Morgan fingerprint density at radius 1 is 1.00 bits per heavy atom. The Bertz CT molecular complexity index is 721. The van der Waals surface area contributed by atoms with Crippen molar-refractivity contribution in [3.05, 3.63) is 54.1 Å². The molecule has 2 heterocycles. The molecule has 0 aliphatic carbocycles. The van der Waals surface area contributed by atoms with E-state index in [9.17, 15) is 0 Å². The quantitative estimate of drug-likeness (QED) is 0.766. The minimum atomic E-state index is 0.786. The minimum Gasteiger partial charge on any atom is -0.326 e. The van der Waals surface area contributed by atoms with E-state index in [2.05, 4.69) is 44.5 Å². The lowest BCUT2D eigenvalue weighted by molar-refractivity contribution is 0.331. The maximum atomic E-state index is 4.54. The predicted molar refractivity (Wildman–Crippen MR) is 90.3 cm³/mol. The molecule has 0 radical (unpaired) electrons. The largest absolute Gasteiger partial charge is 0.326 e. The number of H-pyrrole nitrogens is 1. The van der Waals surface area contributed by atoms with Gasteiger partial charge in [0.1, 0.15) is 0 Å². The molecule has 0 spiro atoms. The summed E-state index contributed by atoms with van der Waals surface area (Å²) < 4.78 is 0. The molecule has 0 unspecified atom stereocenters. The second-order valence-corrected chi connectivity index (χ2v) is 5.91. The van der Waals surface area contributed by atoms with E-state index in [4.69, 9.17) is 0 Å². The van der Waals surface area contributed by atoms with Crippen molar-refractivity contribution < 1.29 is 0 Å². The maximum absolute atomic E-state index is 4.54. The van der Waals surface area contributed by atoms with Crippen molar-refractivity contribution in [3.63, 3.8) is 0 Å². The summed E-state index contributed by atoms with van der Waals surface area (Å²) in [6, 6.07) is 16.7. The number of imidazole rings is 1. The summed E-state index contributed by atoms with van der Waals surface area (Å²) in [7, 11) is 0. The van der Waals surface area contributed by atoms with Crippen molar-refractivity contribution in [2.24, 2.45) is 0 Å². The second-order valence-electron chi connectivity index (χ2n) is 5.91. The van der Waals surface area contributed by atoms with Crippen molar-refractivity contribution in [2.75, 3.05) is 18.4 Å². The number of aromatic nitrogens is 2. The van der Waals surface area contributed by atoms with Gasteiger partial charge in [0, 0.05) is 12.2 Å². The zero-order valence-electron chi connectivity index (χ0n) is 12.5. The van der Waals surface area contributed by atoms with Gasteiger partial charge >= 0.3 is 0 Å².